The summed E-state index contributed by atoms with van der Waals surface area (Å²) in [5, 5.41) is 0. The summed E-state index contributed by atoms with van der Waals surface area (Å²) >= 11 is 0. The van der Waals surface area contributed by atoms with Crippen molar-refractivity contribution in [1.82, 2.24) is 0 Å². The van der Waals surface area contributed by atoms with Gasteiger partial charge in [-0.25, -0.2) is 10.3 Å². The van der Waals surface area contributed by atoms with Crippen molar-refractivity contribution < 1.29 is 0 Å². The Morgan fingerprint density at radius 2 is 2.14 bits per heavy atom. The van der Waals surface area contributed by atoms with Crippen molar-refractivity contribution in [2.24, 2.45) is 11.8 Å². The molecule has 1 heterocycles. The third kappa shape index (κ3) is 3.01. The van der Waals surface area contributed by atoms with E-state index < -0.39 is 0 Å². The maximum Gasteiger partial charge on any atom is 0.186 e. The lowest BCUT2D eigenvalue weighted by Gasteiger charge is -2.29. The van der Waals surface area contributed by atoms with Crippen LogP contribution in [-0.4, -0.2) is 17.2 Å². The molecule has 0 amide bonds. The van der Waals surface area contributed by atoms with E-state index in [-0.39, 0.29) is 0 Å². The van der Waals surface area contributed by atoms with Crippen LogP contribution in [0.3, 0.4) is 0 Å². The van der Waals surface area contributed by atoms with Crippen molar-refractivity contribution in [2.75, 3.05) is 5.75 Å². The maximum atomic E-state index is 4.01. The smallest absolute Gasteiger partial charge is 0.186 e. The zero-order valence-corrected chi connectivity index (χ0v) is 10.8. The zero-order chi connectivity index (χ0) is 10.7. The van der Waals surface area contributed by atoms with Gasteiger partial charge in [-0.3, -0.25) is 0 Å². The largest absolute Gasteiger partial charge is 0.231 e. The number of rotatable bonds is 5. The van der Waals surface area contributed by atoms with Gasteiger partial charge in [-0.05, 0) is 30.9 Å². The van der Waals surface area contributed by atoms with E-state index in [1.165, 1.54) is 24.1 Å². The summed E-state index contributed by atoms with van der Waals surface area (Å²) in [5.74, 6) is 2.87. The van der Waals surface area contributed by atoms with E-state index in [2.05, 4.69) is 40.8 Å². The van der Waals surface area contributed by atoms with Gasteiger partial charge in [-0.1, -0.05) is 44.1 Å². The Labute approximate surface area is 92.2 Å². The fourth-order valence-electron chi connectivity index (χ4n) is 1.58. The molecule has 1 aliphatic rings. The van der Waals surface area contributed by atoms with Crippen LogP contribution in [0.15, 0.2) is 12.2 Å². The molecule has 0 spiro atoms. The number of hydrogen-bond donors (Lipinski definition) is 0. The summed E-state index contributed by atoms with van der Waals surface area (Å²) < 4.78 is 0. The predicted octanol–water partition coefficient (Wildman–Crippen LogP) is 3.74. The maximum absolute atomic E-state index is 4.01. The van der Waals surface area contributed by atoms with Crippen LogP contribution in [0.5, 0.6) is 0 Å². The molecule has 0 fully saturated rings. The van der Waals surface area contributed by atoms with Gasteiger partial charge in [-0.2, -0.15) is 0 Å². The van der Waals surface area contributed by atoms with E-state index in [1.54, 1.807) is 4.86 Å². The molecule has 0 nitrogen and oxygen atoms in total. The van der Waals surface area contributed by atoms with Crippen molar-refractivity contribution in [2.45, 2.75) is 40.4 Å². The summed E-state index contributed by atoms with van der Waals surface area (Å²) in [7, 11) is 0.549. The highest BCUT2D eigenvalue weighted by Gasteiger charge is 2.19. The highest BCUT2D eigenvalue weighted by molar-refractivity contribution is 8.37. The lowest BCUT2D eigenvalue weighted by Crippen LogP contribution is -2.22. The molecular weight excluding hydrogens is 187 g/mol. The van der Waals surface area contributed by atoms with E-state index in [9.17, 15) is 0 Å². The molecule has 0 bridgehead atoms. The summed E-state index contributed by atoms with van der Waals surface area (Å²) in [6.45, 7) is 15.6. The molecule has 79 valence electrons. The van der Waals surface area contributed by atoms with Crippen LogP contribution in [0.2, 0.25) is 6.32 Å². The molecule has 14 heavy (non-hydrogen) atoms. The Morgan fingerprint density at radius 1 is 1.50 bits per heavy atom. The highest BCUT2D eigenvalue weighted by atomic mass is 32.2. The van der Waals surface area contributed by atoms with Gasteiger partial charge in [0.25, 0.3) is 0 Å². The van der Waals surface area contributed by atoms with Crippen LogP contribution in [0.25, 0.3) is 0 Å². The van der Waals surface area contributed by atoms with Crippen LogP contribution < -0.4 is 0 Å². The van der Waals surface area contributed by atoms with Gasteiger partial charge in [0.15, 0.2) is 6.56 Å². The second kappa shape index (κ2) is 5.20. The lowest BCUT2D eigenvalue weighted by molar-refractivity contribution is 0.770. The zero-order valence-electron chi connectivity index (χ0n) is 9.97. The van der Waals surface area contributed by atoms with Gasteiger partial charge in [0.2, 0.25) is 0 Å². The highest BCUT2D eigenvalue weighted by Crippen LogP contribution is 2.32. The molecule has 0 N–H and O–H groups in total. The topological polar surface area (TPSA) is 0 Å². The fraction of sp³-hybridized carbons (Fsp3) is 0.750. The Balaban J connectivity index is 2.39. The van der Waals surface area contributed by atoms with Crippen LogP contribution in [0.1, 0.15) is 34.1 Å². The first kappa shape index (κ1) is 12.1. The SMILES string of the molecule is C=C(C)C(C)C[B]S1=C(C(C)C)CC1. The Morgan fingerprint density at radius 3 is 2.50 bits per heavy atom. The monoisotopic (exact) mass is 209 g/mol. The van der Waals surface area contributed by atoms with Crippen LogP contribution in [0, 0.1) is 11.8 Å². The number of hydrogen-bond acceptors (Lipinski definition) is 0. The lowest BCUT2D eigenvalue weighted by atomic mass is 9.87. The molecule has 1 rings (SSSR count). The van der Waals surface area contributed by atoms with E-state index in [0.717, 1.165) is 5.92 Å². The Bertz CT molecular complexity index is 253. The van der Waals surface area contributed by atoms with Crippen molar-refractivity contribution in [1.29, 1.82) is 0 Å². The van der Waals surface area contributed by atoms with Gasteiger partial charge in [0, 0.05) is 0 Å². The third-order valence-corrected chi connectivity index (χ3v) is 5.63. The average molecular weight is 209 g/mol. The average Bonchev–Trinajstić information content (AvgIpc) is 2.00. The molecule has 0 aromatic heterocycles. The molecule has 0 saturated carbocycles. The summed E-state index contributed by atoms with van der Waals surface area (Å²) in [5.41, 5.74) is 1.32. The quantitative estimate of drug-likeness (QED) is 0.367. The summed E-state index contributed by atoms with van der Waals surface area (Å²) in [4.78, 5) is 1.79. The fourth-order valence-corrected chi connectivity index (χ4v) is 3.76. The third-order valence-electron chi connectivity index (χ3n) is 3.04. The Kier molecular flexibility index (Phi) is 4.50. The standard InChI is InChI=1S/C12H22BS/c1-9(2)11(5)8-13-14-7-6-12(14)10(3)4/h10-11H,1,6-8H2,2-5H3. The minimum atomic E-state index is 0.549. The van der Waals surface area contributed by atoms with Gasteiger partial charge in [0.05, 0.1) is 0 Å². The summed E-state index contributed by atoms with van der Waals surface area (Å²) in [6, 6.07) is 0. The molecule has 0 aromatic rings. The minimum absolute atomic E-state index is 0.549. The van der Waals surface area contributed by atoms with Crippen LogP contribution in [-0.2, 0) is 0 Å². The van der Waals surface area contributed by atoms with Crippen molar-refractivity contribution in [3.63, 3.8) is 0 Å². The first-order chi connectivity index (χ1) is 6.52. The van der Waals surface area contributed by atoms with E-state index in [0.29, 0.717) is 16.3 Å². The minimum Gasteiger partial charge on any atom is -0.231 e. The molecule has 0 saturated heterocycles. The molecule has 0 aromatic carbocycles. The van der Waals surface area contributed by atoms with Gasteiger partial charge >= 0.3 is 0 Å². The molecule has 2 unspecified atom stereocenters. The Hall–Kier alpha value is 0.0249. The second-order valence-corrected chi connectivity index (χ2v) is 6.78. The van der Waals surface area contributed by atoms with Crippen molar-refractivity contribution >= 4 is 21.8 Å². The molecule has 2 atom stereocenters. The second-order valence-electron chi connectivity index (χ2n) is 4.65. The van der Waals surface area contributed by atoms with Crippen LogP contribution in [0.4, 0.5) is 0 Å². The summed E-state index contributed by atoms with van der Waals surface area (Å²) in [6.07, 6.45) is 2.59. The van der Waals surface area contributed by atoms with E-state index >= 15 is 0 Å². The van der Waals surface area contributed by atoms with E-state index in [4.69, 9.17) is 0 Å². The molecule has 1 aliphatic heterocycles. The number of allylic oxidation sites excluding steroid dienone is 1. The molecule has 2 heteroatoms. The first-order valence-corrected chi connectivity index (χ1v) is 7.02. The predicted molar refractivity (Wildman–Crippen MR) is 71.5 cm³/mol. The van der Waals surface area contributed by atoms with Gasteiger partial charge < -0.3 is 0 Å². The van der Waals surface area contributed by atoms with Gasteiger partial charge in [-0.15, -0.1) is 0 Å². The first-order valence-electron chi connectivity index (χ1n) is 5.56. The van der Waals surface area contributed by atoms with Crippen molar-refractivity contribution in [3.8, 4) is 0 Å². The molecule has 0 aliphatic carbocycles. The molecular formula is C12H22BS. The van der Waals surface area contributed by atoms with Crippen LogP contribution >= 0.6 is 10.3 Å². The normalized spacial score (nSPS) is 23.2. The van der Waals surface area contributed by atoms with Gasteiger partial charge in [0.1, 0.15) is 0 Å². The van der Waals surface area contributed by atoms with Crippen molar-refractivity contribution in [3.05, 3.63) is 12.2 Å². The molecule has 1 radical (unpaired) electrons. The van der Waals surface area contributed by atoms with E-state index in [1.807, 2.05) is 0 Å².